The maximum absolute atomic E-state index is 11.0. The molecule has 0 saturated carbocycles. The van der Waals surface area contributed by atoms with Gasteiger partial charge >= 0.3 is 5.97 Å². The smallest absolute Gasteiger partial charge is 0.312 e. The number of hydrogen-bond donors (Lipinski definition) is 4. The first-order valence-corrected chi connectivity index (χ1v) is 6.21. The molecule has 2 rings (SSSR count). The van der Waals surface area contributed by atoms with Crippen molar-refractivity contribution in [3.8, 4) is 0 Å². The van der Waals surface area contributed by atoms with Crippen LogP contribution >= 0.6 is 11.3 Å². The van der Waals surface area contributed by atoms with Crippen LogP contribution in [0.2, 0.25) is 0 Å². The molecule has 0 amide bonds. The summed E-state index contributed by atoms with van der Waals surface area (Å²) in [6.45, 7) is -0.250. The van der Waals surface area contributed by atoms with Crippen LogP contribution in [0, 0.1) is 0 Å². The van der Waals surface area contributed by atoms with Gasteiger partial charge in [-0.1, -0.05) is 11.3 Å². The molecule has 8 nitrogen and oxygen atoms in total. The molecule has 104 valence electrons. The topological polar surface area (TPSA) is 152 Å². The van der Waals surface area contributed by atoms with Crippen molar-refractivity contribution in [3.05, 3.63) is 10.6 Å². The van der Waals surface area contributed by atoms with E-state index in [-0.39, 0.29) is 12.4 Å². The van der Waals surface area contributed by atoms with Gasteiger partial charge in [-0.05, 0) is 19.3 Å². The highest BCUT2D eigenvalue weighted by Gasteiger charge is 2.29. The van der Waals surface area contributed by atoms with Crippen molar-refractivity contribution in [2.45, 2.75) is 25.2 Å². The fraction of sp³-hybridized carbons (Fsp3) is 0.400. The third-order valence-corrected chi connectivity index (χ3v) is 3.49. The molecule has 9 heteroatoms. The van der Waals surface area contributed by atoms with Gasteiger partial charge in [0.1, 0.15) is 5.92 Å². The zero-order valence-corrected chi connectivity index (χ0v) is 10.8. The average molecular weight is 286 g/mol. The van der Waals surface area contributed by atoms with Gasteiger partial charge in [0.15, 0.2) is 5.96 Å². The molecule has 0 saturated heterocycles. The maximum Gasteiger partial charge on any atom is 0.312 e. The highest BCUT2D eigenvalue weighted by atomic mass is 32.1. The van der Waals surface area contributed by atoms with Crippen LogP contribution in [0.15, 0.2) is 4.99 Å². The van der Waals surface area contributed by atoms with Crippen molar-refractivity contribution < 1.29 is 19.8 Å². The fourth-order valence-electron chi connectivity index (χ4n) is 1.80. The molecule has 0 bridgehead atoms. The van der Waals surface area contributed by atoms with Gasteiger partial charge in [-0.15, -0.1) is 0 Å². The zero-order chi connectivity index (χ0) is 14.4. The lowest BCUT2D eigenvalue weighted by atomic mass is 9.91. The molecule has 1 aromatic heterocycles. The maximum atomic E-state index is 11.0. The van der Waals surface area contributed by atoms with E-state index in [2.05, 4.69) is 9.98 Å². The van der Waals surface area contributed by atoms with Crippen LogP contribution in [0.5, 0.6) is 0 Å². The van der Waals surface area contributed by atoms with Crippen molar-refractivity contribution in [1.82, 2.24) is 4.98 Å². The summed E-state index contributed by atoms with van der Waals surface area (Å²) in [5, 5.41) is 16.4. The van der Waals surface area contributed by atoms with Crippen LogP contribution in [-0.4, -0.2) is 33.6 Å². The summed E-state index contributed by atoms with van der Waals surface area (Å²) in [4.78, 5) is 28.4. The first kappa shape index (κ1) is 14.9. The van der Waals surface area contributed by atoms with Gasteiger partial charge < -0.3 is 21.7 Å². The van der Waals surface area contributed by atoms with Crippen LogP contribution in [0.1, 0.15) is 29.3 Å². The first-order chi connectivity index (χ1) is 8.99. The minimum atomic E-state index is -0.831. The minimum Gasteiger partial charge on any atom is -0.483 e. The number of carboxylic acids is 1. The van der Waals surface area contributed by atoms with Gasteiger partial charge in [0.25, 0.3) is 6.47 Å². The molecular formula is C10H14N4O4S. The normalized spacial score (nSPS) is 16.5. The van der Waals surface area contributed by atoms with Gasteiger partial charge in [0.2, 0.25) is 5.13 Å². The molecule has 0 radical (unpaired) electrons. The quantitative estimate of drug-likeness (QED) is 0.345. The predicted molar refractivity (Wildman–Crippen MR) is 69.6 cm³/mol. The summed E-state index contributed by atoms with van der Waals surface area (Å²) in [6.07, 6.45) is 2.36. The molecule has 1 aliphatic carbocycles. The molecule has 0 spiro atoms. The van der Waals surface area contributed by atoms with Gasteiger partial charge in [-0.2, -0.15) is 4.99 Å². The Morgan fingerprint density at radius 2 is 2.16 bits per heavy atom. The van der Waals surface area contributed by atoms with E-state index in [1.165, 1.54) is 11.3 Å². The van der Waals surface area contributed by atoms with Gasteiger partial charge in [0.05, 0.1) is 5.69 Å². The molecule has 6 N–H and O–H groups in total. The monoisotopic (exact) mass is 286 g/mol. The highest BCUT2D eigenvalue weighted by Crippen LogP contribution is 2.37. The van der Waals surface area contributed by atoms with Gasteiger partial charge in [-0.3, -0.25) is 9.59 Å². The Morgan fingerprint density at radius 3 is 2.68 bits per heavy atom. The molecule has 1 unspecified atom stereocenters. The van der Waals surface area contributed by atoms with E-state index >= 15 is 0 Å². The number of aliphatic imine (C=N–C) groups is 1. The molecule has 1 atom stereocenters. The number of fused-ring (bicyclic) bond motifs is 1. The second-order valence-electron chi connectivity index (χ2n) is 3.73. The second kappa shape index (κ2) is 6.69. The molecule has 0 aliphatic heterocycles. The number of carbonyl (C=O) groups is 2. The summed E-state index contributed by atoms with van der Waals surface area (Å²) < 4.78 is 0. The van der Waals surface area contributed by atoms with E-state index in [0.29, 0.717) is 17.2 Å². The van der Waals surface area contributed by atoms with E-state index in [9.17, 15) is 4.79 Å². The van der Waals surface area contributed by atoms with Crippen molar-refractivity contribution >= 4 is 34.9 Å². The number of guanidine groups is 1. The predicted octanol–water partition coefficient (Wildman–Crippen LogP) is 0.253. The molecule has 1 aromatic rings. The molecule has 0 aromatic carbocycles. The number of aromatic nitrogens is 1. The number of thiazole rings is 1. The van der Waals surface area contributed by atoms with Gasteiger partial charge in [-0.25, -0.2) is 4.98 Å². The Balaban J connectivity index is 0.000000550. The number of aryl methyl sites for hydroxylation is 1. The fourth-order valence-corrected chi connectivity index (χ4v) is 2.86. The Bertz CT molecular complexity index is 496. The molecule has 19 heavy (non-hydrogen) atoms. The lowest BCUT2D eigenvalue weighted by molar-refractivity contribution is -0.139. The van der Waals surface area contributed by atoms with Crippen molar-refractivity contribution in [2.24, 2.45) is 16.5 Å². The summed E-state index contributed by atoms with van der Waals surface area (Å²) >= 11 is 1.36. The van der Waals surface area contributed by atoms with Crippen molar-refractivity contribution in [1.29, 1.82) is 0 Å². The van der Waals surface area contributed by atoms with E-state index in [1.54, 1.807) is 0 Å². The number of aliphatic carboxylic acids is 1. The largest absolute Gasteiger partial charge is 0.483 e. The third-order valence-electron chi connectivity index (χ3n) is 2.47. The number of nitrogens with zero attached hydrogens (tertiary/aromatic N) is 2. The Hall–Kier alpha value is -2.16. The SMILES string of the molecule is NC(N)=Nc1nc2c(s1)CCCC2C(=O)O.O=CO. The highest BCUT2D eigenvalue weighted by molar-refractivity contribution is 7.15. The Kier molecular flexibility index (Phi) is 5.24. The summed E-state index contributed by atoms with van der Waals surface area (Å²) in [7, 11) is 0. The minimum absolute atomic E-state index is 0.0574. The third kappa shape index (κ3) is 3.91. The number of carboxylic acid groups (broad SMARTS) is 2. The van der Waals surface area contributed by atoms with Crippen LogP contribution in [0.4, 0.5) is 5.13 Å². The molecular weight excluding hydrogens is 272 g/mol. The lowest BCUT2D eigenvalue weighted by Crippen LogP contribution is -2.21. The number of nitrogens with two attached hydrogens (primary N) is 2. The summed E-state index contributed by atoms with van der Waals surface area (Å²) in [5.74, 6) is -1.40. The Labute approximate surface area is 112 Å². The van der Waals surface area contributed by atoms with Crippen LogP contribution in [-0.2, 0) is 16.0 Å². The summed E-state index contributed by atoms with van der Waals surface area (Å²) in [6, 6.07) is 0. The van der Waals surface area contributed by atoms with Crippen molar-refractivity contribution in [2.75, 3.05) is 0 Å². The standard InChI is InChI=1S/C9H12N4O2S.CH2O2/c10-8(11)13-9-12-6-4(7(14)15)2-1-3-5(6)16-9;2-1-3/h4H,1-3H2,(H,14,15)(H4,10,11,12,13);1H,(H,2,3). The van der Waals surface area contributed by atoms with E-state index in [1.807, 2.05) is 0 Å². The average Bonchev–Trinajstić information content (AvgIpc) is 2.70. The van der Waals surface area contributed by atoms with E-state index in [4.69, 9.17) is 26.5 Å². The van der Waals surface area contributed by atoms with Crippen molar-refractivity contribution in [3.63, 3.8) is 0 Å². The van der Waals surface area contributed by atoms with Crippen LogP contribution in [0.3, 0.4) is 0 Å². The van der Waals surface area contributed by atoms with E-state index < -0.39 is 11.9 Å². The molecule has 1 aliphatic rings. The van der Waals surface area contributed by atoms with Crippen LogP contribution in [0.25, 0.3) is 0 Å². The molecule has 0 fully saturated rings. The Morgan fingerprint density at radius 1 is 1.53 bits per heavy atom. The summed E-state index contributed by atoms with van der Waals surface area (Å²) in [5.41, 5.74) is 11.1. The number of rotatable bonds is 2. The van der Waals surface area contributed by atoms with Crippen LogP contribution < -0.4 is 11.5 Å². The first-order valence-electron chi connectivity index (χ1n) is 5.39. The van der Waals surface area contributed by atoms with Gasteiger partial charge in [0, 0.05) is 4.88 Å². The molecule has 1 heterocycles. The lowest BCUT2D eigenvalue weighted by Gasteiger charge is -2.16. The van der Waals surface area contributed by atoms with E-state index in [0.717, 1.165) is 17.7 Å². The zero-order valence-electron chi connectivity index (χ0n) is 9.94. The number of hydrogen-bond acceptors (Lipinski definition) is 5. The second-order valence-corrected chi connectivity index (χ2v) is 4.79.